The molecule has 0 aliphatic carbocycles. The molecular weight excluding hydrogens is 340 g/mol. The first-order valence-electron chi connectivity index (χ1n) is 8.97. The lowest BCUT2D eigenvalue weighted by atomic mass is 10.0. The van der Waals surface area contributed by atoms with Gasteiger partial charge in [0.05, 0.1) is 18.8 Å². The van der Waals surface area contributed by atoms with Crippen LogP contribution in [0.1, 0.15) is 17.2 Å². The lowest BCUT2D eigenvalue weighted by molar-refractivity contribution is 0.0879. The van der Waals surface area contributed by atoms with E-state index in [1.54, 1.807) is 0 Å². The molecule has 3 aromatic rings. The van der Waals surface area contributed by atoms with Crippen LogP contribution >= 0.6 is 0 Å². The molecule has 140 valence electrons. The molecule has 0 radical (unpaired) electrons. The number of benzene rings is 3. The minimum Gasteiger partial charge on any atom is -0.492 e. The third-order valence-corrected chi connectivity index (χ3v) is 4.56. The predicted octanol–water partition coefficient (Wildman–Crippen LogP) is 2.90. The van der Waals surface area contributed by atoms with Crippen LogP contribution in [0.15, 0.2) is 66.7 Å². The van der Waals surface area contributed by atoms with E-state index in [0.29, 0.717) is 13.2 Å². The van der Waals surface area contributed by atoms with E-state index >= 15 is 0 Å². The van der Waals surface area contributed by atoms with Crippen molar-refractivity contribution in [1.29, 1.82) is 5.41 Å². The Bertz CT molecular complexity index is 883. The summed E-state index contributed by atoms with van der Waals surface area (Å²) in [6, 6.07) is 20.4. The molecule has 0 bridgehead atoms. The predicted molar refractivity (Wildman–Crippen MR) is 108 cm³/mol. The standard InChI is InChI=1S/C22H24N2O3/c23-14-17-10-11-21(19-9-5-4-8-18(17)19)27-13-12-24-20(15-25)22(26)16-6-2-1-3-7-16/h1-11,14,20,22-26H,12-13,15H2. The van der Waals surface area contributed by atoms with Gasteiger partial charge < -0.3 is 25.7 Å². The normalized spacial score (nSPS) is 13.3. The van der Waals surface area contributed by atoms with Crippen LogP contribution in [0.4, 0.5) is 0 Å². The van der Waals surface area contributed by atoms with Crippen molar-refractivity contribution in [3.63, 3.8) is 0 Å². The molecule has 0 aliphatic heterocycles. The van der Waals surface area contributed by atoms with Crippen molar-refractivity contribution < 1.29 is 14.9 Å². The van der Waals surface area contributed by atoms with E-state index in [2.05, 4.69) is 5.32 Å². The minimum absolute atomic E-state index is 0.174. The summed E-state index contributed by atoms with van der Waals surface area (Å²) in [5, 5.41) is 32.6. The van der Waals surface area contributed by atoms with Gasteiger partial charge in [0.25, 0.3) is 0 Å². The molecule has 0 aliphatic rings. The molecule has 3 aromatic carbocycles. The summed E-state index contributed by atoms with van der Waals surface area (Å²) in [6.07, 6.45) is 0.550. The molecule has 0 saturated carbocycles. The molecule has 0 aromatic heterocycles. The van der Waals surface area contributed by atoms with Crippen LogP contribution in [0.2, 0.25) is 0 Å². The second-order valence-electron chi connectivity index (χ2n) is 6.29. The van der Waals surface area contributed by atoms with Gasteiger partial charge >= 0.3 is 0 Å². The first-order valence-corrected chi connectivity index (χ1v) is 8.97. The van der Waals surface area contributed by atoms with Gasteiger partial charge in [0.15, 0.2) is 0 Å². The summed E-state index contributed by atoms with van der Waals surface area (Å²) in [4.78, 5) is 0. The number of aliphatic hydroxyl groups is 2. The molecule has 0 heterocycles. The Kier molecular flexibility index (Phi) is 6.54. The van der Waals surface area contributed by atoms with Gasteiger partial charge in [-0.25, -0.2) is 0 Å². The Labute approximate surface area is 158 Å². The van der Waals surface area contributed by atoms with Crippen LogP contribution in [0.25, 0.3) is 10.8 Å². The van der Waals surface area contributed by atoms with Crippen molar-refractivity contribution in [1.82, 2.24) is 5.32 Å². The van der Waals surface area contributed by atoms with Crippen LogP contribution in [-0.2, 0) is 0 Å². The van der Waals surface area contributed by atoms with Gasteiger partial charge in [-0.1, -0.05) is 54.6 Å². The molecule has 2 unspecified atom stereocenters. The molecular formula is C22H24N2O3. The van der Waals surface area contributed by atoms with Gasteiger partial charge in [0.1, 0.15) is 12.4 Å². The zero-order valence-electron chi connectivity index (χ0n) is 15.0. The van der Waals surface area contributed by atoms with Crippen LogP contribution < -0.4 is 10.1 Å². The molecule has 0 saturated heterocycles. The Morgan fingerprint density at radius 1 is 0.963 bits per heavy atom. The highest BCUT2D eigenvalue weighted by atomic mass is 16.5. The summed E-state index contributed by atoms with van der Waals surface area (Å²) in [7, 11) is 0. The lowest BCUT2D eigenvalue weighted by Gasteiger charge is -2.22. The lowest BCUT2D eigenvalue weighted by Crippen LogP contribution is -2.40. The van der Waals surface area contributed by atoms with Crippen molar-refractivity contribution in [2.75, 3.05) is 19.8 Å². The molecule has 0 amide bonds. The number of hydrogen-bond acceptors (Lipinski definition) is 5. The van der Waals surface area contributed by atoms with Crippen LogP contribution in [0.5, 0.6) is 5.75 Å². The van der Waals surface area contributed by atoms with Gasteiger partial charge in [-0.2, -0.15) is 0 Å². The average molecular weight is 364 g/mol. The molecule has 5 nitrogen and oxygen atoms in total. The molecule has 4 N–H and O–H groups in total. The Morgan fingerprint density at radius 3 is 2.37 bits per heavy atom. The maximum atomic E-state index is 10.4. The summed E-state index contributed by atoms with van der Waals surface area (Å²) < 4.78 is 5.90. The van der Waals surface area contributed by atoms with Gasteiger partial charge in [-0.05, 0) is 23.1 Å². The topological polar surface area (TPSA) is 85.6 Å². The molecule has 2 atom stereocenters. The number of hydrogen-bond donors (Lipinski definition) is 4. The maximum absolute atomic E-state index is 10.4. The molecule has 27 heavy (non-hydrogen) atoms. The summed E-state index contributed by atoms with van der Waals surface area (Å²) in [5.41, 5.74) is 1.61. The highest BCUT2D eigenvalue weighted by molar-refractivity contribution is 6.01. The fourth-order valence-electron chi connectivity index (χ4n) is 3.11. The smallest absolute Gasteiger partial charge is 0.127 e. The number of nitrogens with one attached hydrogen (secondary N) is 2. The number of ether oxygens (including phenoxy) is 1. The number of rotatable bonds is 9. The van der Waals surface area contributed by atoms with Crippen molar-refractivity contribution in [3.05, 3.63) is 77.9 Å². The fraction of sp³-hybridized carbons (Fsp3) is 0.227. The number of fused-ring (bicyclic) bond motifs is 1. The van der Waals surface area contributed by atoms with Crippen LogP contribution in [0.3, 0.4) is 0 Å². The zero-order chi connectivity index (χ0) is 19.1. The maximum Gasteiger partial charge on any atom is 0.127 e. The Balaban J connectivity index is 1.60. The van der Waals surface area contributed by atoms with Gasteiger partial charge in [0.2, 0.25) is 0 Å². The zero-order valence-corrected chi connectivity index (χ0v) is 15.0. The number of aliphatic hydroxyl groups excluding tert-OH is 2. The van der Waals surface area contributed by atoms with Crippen molar-refractivity contribution in [3.8, 4) is 5.75 Å². The second-order valence-corrected chi connectivity index (χ2v) is 6.29. The van der Waals surface area contributed by atoms with E-state index in [9.17, 15) is 10.2 Å². The first kappa shape index (κ1) is 19.0. The third kappa shape index (κ3) is 4.52. The second kappa shape index (κ2) is 9.28. The Morgan fingerprint density at radius 2 is 1.67 bits per heavy atom. The third-order valence-electron chi connectivity index (χ3n) is 4.56. The quantitative estimate of drug-likeness (QED) is 0.347. The van der Waals surface area contributed by atoms with Crippen molar-refractivity contribution in [2.24, 2.45) is 0 Å². The van der Waals surface area contributed by atoms with Crippen LogP contribution in [0, 0.1) is 5.41 Å². The monoisotopic (exact) mass is 364 g/mol. The van der Waals surface area contributed by atoms with Crippen molar-refractivity contribution in [2.45, 2.75) is 12.1 Å². The summed E-state index contributed by atoms with van der Waals surface area (Å²) >= 11 is 0. The van der Waals surface area contributed by atoms with E-state index in [4.69, 9.17) is 10.1 Å². The highest BCUT2D eigenvalue weighted by Crippen LogP contribution is 2.27. The molecule has 0 fully saturated rings. The van der Waals surface area contributed by atoms with Gasteiger partial charge in [-0.15, -0.1) is 0 Å². The summed E-state index contributed by atoms with van der Waals surface area (Å²) in [5.74, 6) is 0.752. The average Bonchev–Trinajstić information content (AvgIpc) is 2.74. The van der Waals surface area contributed by atoms with Gasteiger partial charge in [-0.3, -0.25) is 0 Å². The van der Waals surface area contributed by atoms with Gasteiger partial charge in [0, 0.05) is 23.7 Å². The van der Waals surface area contributed by atoms with E-state index in [0.717, 1.165) is 27.6 Å². The largest absolute Gasteiger partial charge is 0.492 e. The van der Waals surface area contributed by atoms with E-state index in [1.165, 1.54) is 6.21 Å². The fourth-order valence-corrected chi connectivity index (χ4v) is 3.11. The van der Waals surface area contributed by atoms with Crippen LogP contribution in [-0.4, -0.2) is 42.2 Å². The first-order chi connectivity index (χ1) is 13.2. The van der Waals surface area contributed by atoms with Crippen molar-refractivity contribution >= 4 is 17.0 Å². The SMILES string of the molecule is N=Cc1ccc(OCCNC(CO)C(O)c2ccccc2)c2ccccc12. The molecule has 0 spiro atoms. The Hall–Kier alpha value is -2.73. The highest BCUT2D eigenvalue weighted by Gasteiger charge is 2.19. The molecule has 3 rings (SSSR count). The van der Waals surface area contributed by atoms with E-state index < -0.39 is 12.1 Å². The van der Waals surface area contributed by atoms with E-state index in [-0.39, 0.29) is 6.61 Å². The minimum atomic E-state index is -0.788. The van der Waals surface area contributed by atoms with E-state index in [1.807, 2.05) is 66.7 Å². The summed E-state index contributed by atoms with van der Waals surface area (Å²) in [6.45, 7) is 0.703. The molecule has 5 heteroatoms.